The maximum absolute atomic E-state index is 12.3. The van der Waals surface area contributed by atoms with Crippen molar-refractivity contribution in [3.63, 3.8) is 0 Å². The molecule has 1 amide bonds. The van der Waals surface area contributed by atoms with Gasteiger partial charge in [0.25, 0.3) is 5.91 Å². The summed E-state index contributed by atoms with van der Waals surface area (Å²) >= 11 is 5.04. The second kappa shape index (κ2) is 5.42. The Hall–Kier alpha value is -0.920. The van der Waals surface area contributed by atoms with Crippen molar-refractivity contribution >= 4 is 23.3 Å². The monoisotopic (exact) mass is 267 g/mol. The average molecular weight is 268 g/mol. The van der Waals surface area contributed by atoms with Crippen molar-refractivity contribution in [1.82, 2.24) is 5.32 Å². The van der Waals surface area contributed by atoms with E-state index in [-0.39, 0.29) is 0 Å². The molecule has 1 N–H and O–H groups in total. The number of amides is 1. The summed E-state index contributed by atoms with van der Waals surface area (Å²) in [6, 6.07) is 0. The summed E-state index contributed by atoms with van der Waals surface area (Å²) in [6.07, 6.45) is -6.35. The summed E-state index contributed by atoms with van der Waals surface area (Å²) in [5, 5.41) is 1.31. The normalized spacial score (nSPS) is 12.4. The highest BCUT2D eigenvalue weighted by Crippen LogP contribution is 2.35. The second-order valence-corrected chi connectivity index (χ2v) is 3.02. The third kappa shape index (κ3) is 3.92. The molecule has 94 valence electrons. The van der Waals surface area contributed by atoms with Crippen LogP contribution in [0.15, 0.2) is 0 Å². The van der Waals surface area contributed by atoms with E-state index in [2.05, 4.69) is 0 Å². The van der Waals surface area contributed by atoms with Gasteiger partial charge < -0.3 is 5.32 Å². The van der Waals surface area contributed by atoms with Crippen molar-refractivity contribution in [1.29, 1.82) is 0 Å². The summed E-state index contributed by atoms with van der Waals surface area (Å²) in [5.74, 6) is -8.91. The molecule has 0 fully saturated rings. The zero-order valence-electron chi connectivity index (χ0n) is 7.71. The van der Waals surface area contributed by atoms with E-state index in [1.807, 2.05) is 0 Å². The second-order valence-electron chi connectivity index (χ2n) is 2.75. The van der Waals surface area contributed by atoms with Crippen molar-refractivity contribution in [3.8, 4) is 0 Å². The Morgan fingerprint density at radius 2 is 1.62 bits per heavy atom. The number of nitrogens with one attached hydrogen (secondary N) is 1. The number of ketones is 1. The first-order chi connectivity index (χ1) is 7.13. The van der Waals surface area contributed by atoms with Gasteiger partial charge in [0, 0.05) is 13.0 Å². The summed E-state index contributed by atoms with van der Waals surface area (Å²) in [5.41, 5.74) is 0. The average Bonchev–Trinajstić information content (AvgIpc) is 2.15. The van der Waals surface area contributed by atoms with Crippen molar-refractivity contribution in [3.05, 3.63) is 0 Å². The fraction of sp³-hybridized carbons (Fsp3) is 0.714. The molecule has 16 heavy (non-hydrogen) atoms. The summed E-state index contributed by atoms with van der Waals surface area (Å²) in [7, 11) is 0. The van der Waals surface area contributed by atoms with Crippen LogP contribution in [0, 0.1) is 0 Å². The van der Waals surface area contributed by atoms with E-state index >= 15 is 0 Å². The lowest BCUT2D eigenvalue weighted by Gasteiger charge is -2.18. The predicted molar refractivity (Wildman–Crippen MR) is 44.4 cm³/mol. The number of carbonyl (C=O) groups excluding carboxylic acids is 2. The molecule has 3 nitrogen and oxygen atoms in total. The maximum atomic E-state index is 12.3. The largest absolute Gasteiger partial charge is 0.463 e. The molecule has 0 bridgehead atoms. The molecule has 0 saturated heterocycles. The molecule has 9 heteroatoms. The predicted octanol–water partition coefficient (Wildman–Crippen LogP) is 1.50. The van der Waals surface area contributed by atoms with Crippen molar-refractivity contribution in [2.24, 2.45) is 0 Å². The molecule has 0 aliphatic rings. The molecule has 0 rings (SSSR count). The van der Waals surface area contributed by atoms with Gasteiger partial charge in [-0.25, -0.2) is 0 Å². The van der Waals surface area contributed by atoms with Crippen LogP contribution in [-0.2, 0) is 9.59 Å². The van der Waals surface area contributed by atoms with Crippen LogP contribution < -0.4 is 5.32 Å². The fourth-order valence-corrected chi connectivity index (χ4v) is 0.756. The number of hydrogen-bond acceptors (Lipinski definition) is 2. The quantitative estimate of drug-likeness (QED) is 0.606. The molecule has 0 spiro atoms. The zero-order chi connectivity index (χ0) is 13.0. The molecule has 0 atom stereocenters. The summed E-state index contributed by atoms with van der Waals surface area (Å²) in [4.78, 5) is 21.0. The minimum absolute atomic E-state index is 0.397. The lowest BCUT2D eigenvalue weighted by atomic mass is 10.2. The van der Waals surface area contributed by atoms with Gasteiger partial charge in [-0.05, 0) is 0 Å². The lowest BCUT2D eigenvalue weighted by Crippen LogP contribution is -2.50. The third-order valence-electron chi connectivity index (χ3n) is 1.48. The maximum Gasteiger partial charge on any atom is 0.463 e. The minimum Gasteiger partial charge on any atom is -0.350 e. The Labute approximate surface area is 91.9 Å². The number of carbonyl (C=O) groups is 2. The zero-order valence-corrected chi connectivity index (χ0v) is 8.46. The summed E-state index contributed by atoms with van der Waals surface area (Å²) in [6.45, 7) is -0.615. The van der Waals surface area contributed by atoms with Crippen LogP contribution >= 0.6 is 11.6 Å². The van der Waals surface area contributed by atoms with Gasteiger partial charge in [0.05, 0.1) is 5.88 Å². The molecule has 0 aromatic rings. The SMILES string of the molecule is O=C(CCl)CCNC(=O)C(F)(F)C(F)(F)F. The van der Waals surface area contributed by atoms with E-state index in [1.54, 1.807) is 0 Å². The Balaban J connectivity index is 4.22. The highest BCUT2D eigenvalue weighted by atomic mass is 35.5. The number of Topliss-reactive ketones (excluding diaryl/α,β-unsaturated/α-hetero) is 1. The van der Waals surface area contributed by atoms with Crippen LogP contribution in [0.5, 0.6) is 0 Å². The van der Waals surface area contributed by atoms with Gasteiger partial charge in [0.2, 0.25) is 0 Å². The van der Waals surface area contributed by atoms with Gasteiger partial charge in [-0.3, -0.25) is 9.59 Å². The summed E-state index contributed by atoms with van der Waals surface area (Å²) < 4.78 is 59.5. The van der Waals surface area contributed by atoms with Crippen LogP contribution in [0.1, 0.15) is 6.42 Å². The van der Waals surface area contributed by atoms with Crippen LogP contribution in [0.3, 0.4) is 0 Å². The van der Waals surface area contributed by atoms with E-state index in [1.165, 1.54) is 5.32 Å². The molecular weight excluding hydrogens is 261 g/mol. The van der Waals surface area contributed by atoms with Crippen molar-refractivity contribution < 1.29 is 31.5 Å². The van der Waals surface area contributed by atoms with Crippen LogP contribution in [0.2, 0.25) is 0 Å². The van der Waals surface area contributed by atoms with Gasteiger partial charge >= 0.3 is 12.1 Å². The van der Waals surface area contributed by atoms with Gasteiger partial charge in [0.15, 0.2) is 0 Å². The lowest BCUT2D eigenvalue weighted by molar-refractivity contribution is -0.269. The van der Waals surface area contributed by atoms with Crippen LogP contribution in [-0.4, -0.2) is 36.2 Å². The van der Waals surface area contributed by atoms with Crippen molar-refractivity contribution in [2.45, 2.75) is 18.5 Å². The van der Waals surface area contributed by atoms with E-state index in [9.17, 15) is 31.5 Å². The molecule has 0 saturated carbocycles. The minimum atomic E-state index is -5.95. The number of rotatable bonds is 5. The molecule has 0 aromatic heterocycles. The Bertz CT molecular complexity index is 278. The standard InChI is InChI=1S/C7H7ClF5NO2/c8-3-4(15)1-2-14-5(16)6(9,10)7(11,12)13/h1-3H2,(H,14,16). The van der Waals surface area contributed by atoms with Gasteiger partial charge in [0.1, 0.15) is 5.78 Å². The van der Waals surface area contributed by atoms with Crippen LogP contribution in [0.25, 0.3) is 0 Å². The van der Waals surface area contributed by atoms with Gasteiger partial charge in [-0.15, -0.1) is 11.6 Å². The van der Waals surface area contributed by atoms with Gasteiger partial charge in [-0.1, -0.05) is 0 Å². The van der Waals surface area contributed by atoms with Crippen molar-refractivity contribution in [2.75, 3.05) is 12.4 Å². The fourth-order valence-electron chi connectivity index (χ4n) is 0.622. The smallest absolute Gasteiger partial charge is 0.350 e. The van der Waals surface area contributed by atoms with E-state index in [0.29, 0.717) is 0 Å². The van der Waals surface area contributed by atoms with E-state index in [4.69, 9.17) is 11.6 Å². The third-order valence-corrected chi connectivity index (χ3v) is 1.78. The van der Waals surface area contributed by atoms with Gasteiger partial charge in [-0.2, -0.15) is 22.0 Å². The Morgan fingerprint density at radius 1 is 1.12 bits per heavy atom. The highest BCUT2D eigenvalue weighted by molar-refractivity contribution is 6.27. The van der Waals surface area contributed by atoms with Crippen LogP contribution in [0.4, 0.5) is 22.0 Å². The molecular formula is C7H7ClF5NO2. The molecule has 0 radical (unpaired) electrons. The molecule has 0 aliphatic heterocycles. The molecule has 0 unspecified atom stereocenters. The first kappa shape index (κ1) is 15.1. The number of alkyl halides is 6. The molecule has 0 aliphatic carbocycles. The Morgan fingerprint density at radius 3 is 2.00 bits per heavy atom. The molecule has 0 aromatic carbocycles. The highest BCUT2D eigenvalue weighted by Gasteiger charge is 2.63. The van der Waals surface area contributed by atoms with E-state index in [0.717, 1.165) is 0 Å². The Kier molecular flexibility index (Phi) is 5.11. The molecule has 0 heterocycles. The first-order valence-corrected chi connectivity index (χ1v) is 4.47. The first-order valence-electron chi connectivity index (χ1n) is 3.93. The number of hydrogen-bond donors (Lipinski definition) is 1. The van der Waals surface area contributed by atoms with E-state index < -0.39 is 42.6 Å². The number of halogens is 6. The topological polar surface area (TPSA) is 46.2 Å².